The summed E-state index contributed by atoms with van der Waals surface area (Å²) in [5, 5.41) is 21.6. The number of aliphatic hydroxyl groups is 2. The van der Waals surface area contributed by atoms with E-state index in [1.165, 1.54) is 18.7 Å². The van der Waals surface area contributed by atoms with Gasteiger partial charge < -0.3 is 24.6 Å². The minimum Gasteiger partial charge on any atom is -0.482 e. The average molecular weight is 575 g/mol. The second kappa shape index (κ2) is 13.6. The quantitative estimate of drug-likeness (QED) is 0.357. The van der Waals surface area contributed by atoms with Gasteiger partial charge >= 0.3 is 12.1 Å². The molecule has 2 aromatic rings. The molecule has 4 unspecified atom stereocenters. The van der Waals surface area contributed by atoms with E-state index in [1.807, 2.05) is 19.1 Å². The zero-order valence-corrected chi connectivity index (χ0v) is 22.4. The summed E-state index contributed by atoms with van der Waals surface area (Å²) in [6.45, 7) is 1.56. The minimum atomic E-state index is -4.52. The van der Waals surface area contributed by atoms with Crippen LogP contribution in [0.2, 0.25) is 5.02 Å². The van der Waals surface area contributed by atoms with Crippen molar-refractivity contribution in [3.05, 3.63) is 76.3 Å². The Labute approximate surface area is 228 Å². The molecule has 0 bridgehead atoms. The van der Waals surface area contributed by atoms with Crippen molar-refractivity contribution in [1.29, 1.82) is 0 Å². The maximum absolute atomic E-state index is 13.5. The third kappa shape index (κ3) is 8.54. The Morgan fingerprint density at radius 1 is 1.18 bits per heavy atom. The second-order valence-corrected chi connectivity index (χ2v) is 10.3. The molecule has 2 N–H and O–H groups in total. The summed E-state index contributed by atoms with van der Waals surface area (Å²) in [5.74, 6) is -0.0267. The fourth-order valence-electron chi connectivity index (χ4n) is 4.00. The predicted molar refractivity (Wildman–Crippen MR) is 140 cm³/mol. The number of halogens is 4. The van der Waals surface area contributed by atoms with Crippen LogP contribution in [0.15, 0.2) is 60.1 Å². The maximum atomic E-state index is 13.5. The summed E-state index contributed by atoms with van der Waals surface area (Å²) < 4.78 is 50.3. The number of aliphatic hydroxyl groups excluding tert-OH is 2. The summed E-state index contributed by atoms with van der Waals surface area (Å²) in [6, 6.07) is 13.5. The van der Waals surface area contributed by atoms with E-state index < -0.39 is 29.9 Å². The number of hydrogen-bond acceptors (Lipinski definition) is 8. The van der Waals surface area contributed by atoms with Crippen molar-refractivity contribution in [2.24, 2.45) is 0 Å². The molecule has 0 fully saturated rings. The average Bonchev–Trinajstić information content (AvgIpc) is 3.39. The second-order valence-electron chi connectivity index (χ2n) is 8.83. The van der Waals surface area contributed by atoms with E-state index >= 15 is 0 Å². The Balaban J connectivity index is 1.73. The number of alkyl halides is 3. The molecular weight excluding hydrogens is 545 g/mol. The van der Waals surface area contributed by atoms with Crippen LogP contribution in [-0.2, 0) is 16.0 Å². The van der Waals surface area contributed by atoms with Gasteiger partial charge in [-0.2, -0.15) is 13.2 Å². The molecule has 0 aromatic heterocycles. The van der Waals surface area contributed by atoms with E-state index in [9.17, 15) is 28.2 Å². The molecule has 4 atom stereocenters. The standard InChI is InChI=1S/C26H30ClF3N2O5S/c1-17(12-18-6-8-21(9-7-18)37-16-24(35)36-2)31(14-22(33)19-4-3-5-20(27)13-19)15-23(34)32-10-11-38-25(32)26(28,29)30/h3-11,13,17,22-23,25,33-34H,12,14-16H2,1-2H3. The number of ether oxygens (including phenoxy) is 2. The van der Waals surface area contributed by atoms with Gasteiger partial charge in [-0.15, -0.1) is 0 Å². The molecule has 1 heterocycles. The van der Waals surface area contributed by atoms with Crippen LogP contribution in [0.5, 0.6) is 5.75 Å². The number of benzene rings is 2. The Hall–Kier alpha value is -2.44. The summed E-state index contributed by atoms with van der Waals surface area (Å²) >= 11 is 6.64. The first-order chi connectivity index (χ1) is 18.0. The monoisotopic (exact) mass is 574 g/mol. The summed E-state index contributed by atoms with van der Waals surface area (Å²) in [6.07, 6.45) is -5.27. The molecule has 2 aromatic carbocycles. The van der Waals surface area contributed by atoms with E-state index in [2.05, 4.69) is 4.74 Å². The minimum absolute atomic E-state index is 0.0558. The molecule has 7 nitrogen and oxygen atoms in total. The summed E-state index contributed by atoms with van der Waals surface area (Å²) in [7, 11) is 1.27. The molecule has 38 heavy (non-hydrogen) atoms. The molecule has 12 heteroatoms. The summed E-state index contributed by atoms with van der Waals surface area (Å²) in [5.41, 5.74) is 1.45. The predicted octanol–water partition coefficient (Wildman–Crippen LogP) is 4.59. The van der Waals surface area contributed by atoms with Crippen LogP contribution in [0.25, 0.3) is 0 Å². The first-order valence-electron chi connectivity index (χ1n) is 11.8. The van der Waals surface area contributed by atoms with E-state index in [4.69, 9.17) is 16.3 Å². The SMILES string of the molecule is COC(=O)COc1ccc(CC(C)N(CC(O)c2cccc(Cl)c2)CC(O)N2C=CSC2C(F)(F)F)cc1. The fourth-order valence-corrected chi connectivity index (χ4v) is 5.07. The van der Waals surface area contributed by atoms with Gasteiger partial charge in [0.25, 0.3) is 0 Å². The third-order valence-electron chi connectivity index (χ3n) is 6.04. The lowest BCUT2D eigenvalue weighted by molar-refractivity contribution is -0.170. The number of esters is 1. The first-order valence-corrected chi connectivity index (χ1v) is 13.1. The summed E-state index contributed by atoms with van der Waals surface area (Å²) in [4.78, 5) is 13.9. The molecule has 0 radical (unpaired) electrons. The van der Waals surface area contributed by atoms with Gasteiger partial charge in [-0.25, -0.2) is 4.79 Å². The third-order valence-corrected chi connectivity index (χ3v) is 7.32. The Bertz CT molecular complexity index is 1090. The van der Waals surface area contributed by atoms with E-state index in [0.29, 0.717) is 34.5 Å². The van der Waals surface area contributed by atoms with Crippen molar-refractivity contribution in [1.82, 2.24) is 9.80 Å². The van der Waals surface area contributed by atoms with Crippen molar-refractivity contribution < 1.29 is 37.7 Å². The van der Waals surface area contributed by atoms with Gasteiger partial charge in [0.05, 0.1) is 13.2 Å². The van der Waals surface area contributed by atoms with Gasteiger partial charge in [0.1, 0.15) is 12.0 Å². The number of nitrogens with zero attached hydrogens (tertiary/aromatic N) is 2. The highest BCUT2D eigenvalue weighted by molar-refractivity contribution is 8.02. The molecule has 0 amide bonds. The highest BCUT2D eigenvalue weighted by Gasteiger charge is 2.47. The van der Waals surface area contributed by atoms with Crippen LogP contribution in [-0.4, -0.2) is 76.6 Å². The molecule has 0 saturated carbocycles. The van der Waals surface area contributed by atoms with Gasteiger partial charge in [0.2, 0.25) is 0 Å². The number of thioether (sulfide) groups is 1. The molecule has 0 aliphatic carbocycles. The zero-order valence-electron chi connectivity index (χ0n) is 20.8. The van der Waals surface area contributed by atoms with Crippen LogP contribution >= 0.6 is 23.4 Å². The molecular formula is C26H30ClF3N2O5S. The lowest BCUT2D eigenvalue weighted by Gasteiger charge is -2.37. The van der Waals surface area contributed by atoms with Crippen LogP contribution < -0.4 is 4.74 Å². The van der Waals surface area contributed by atoms with Crippen LogP contribution in [0.1, 0.15) is 24.2 Å². The first kappa shape index (κ1) is 30.1. The highest BCUT2D eigenvalue weighted by Crippen LogP contribution is 2.39. The number of rotatable bonds is 12. The Morgan fingerprint density at radius 2 is 1.89 bits per heavy atom. The lowest BCUT2D eigenvalue weighted by Crippen LogP contribution is -2.51. The van der Waals surface area contributed by atoms with Crippen molar-refractivity contribution in [2.45, 2.75) is 43.3 Å². The van der Waals surface area contributed by atoms with Crippen molar-refractivity contribution >= 4 is 29.3 Å². The molecule has 1 aliphatic rings. The van der Waals surface area contributed by atoms with Gasteiger partial charge in [0.15, 0.2) is 12.0 Å². The maximum Gasteiger partial charge on any atom is 0.418 e. The van der Waals surface area contributed by atoms with Crippen LogP contribution in [0, 0.1) is 0 Å². The molecule has 3 rings (SSSR count). The topological polar surface area (TPSA) is 82.5 Å². The number of carbonyl (C=O) groups excluding carboxylic acids is 1. The van der Waals surface area contributed by atoms with E-state index in [1.54, 1.807) is 41.3 Å². The van der Waals surface area contributed by atoms with E-state index in [0.717, 1.165) is 10.5 Å². The van der Waals surface area contributed by atoms with Crippen molar-refractivity contribution in [3.8, 4) is 5.75 Å². The van der Waals surface area contributed by atoms with Crippen molar-refractivity contribution in [3.63, 3.8) is 0 Å². The molecule has 1 aliphatic heterocycles. The molecule has 208 valence electrons. The van der Waals surface area contributed by atoms with E-state index in [-0.39, 0.29) is 25.7 Å². The van der Waals surface area contributed by atoms with Crippen LogP contribution in [0.4, 0.5) is 13.2 Å². The number of carbonyl (C=O) groups is 1. The molecule has 0 saturated heterocycles. The lowest BCUT2D eigenvalue weighted by atomic mass is 10.0. The normalized spacial score (nSPS) is 17.9. The number of methoxy groups -OCH3 is 1. The smallest absolute Gasteiger partial charge is 0.418 e. The van der Waals surface area contributed by atoms with Gasteiger partial charge in [-0.05, 0) is 54.1 Å². The Morgan fingerprint density at radius 3 is 2.53 bits per heavy atom. The van der Waals surface area contributed by atoms with Gasteiger partial charge in [-0.1, -0.05) is 47.6 Å². The number of hydrogen-bond donors (Lipinski definition) is 2. The van der Waals surface area contributed by atoms with Crippen LogP contribution in [0.3, 0.4) is 0 Å². The Kier molecular flexibility index (Phi) is 10.8. The van der Waals surface area contributed by atoms with Gasteiger partial charge in [0, 0.05) is 30.4 Å². The van der Waals surface area contributed by atoms with Crippen molar-refractivity contribution in [2.75, 3.05) is 26.8 Å². The van der Waals surface area contributed by atoms with Gasteiger partial charge in [-0.3, -0.25) is 4.90 Å². The zero-order chi connectivity index (χ0) is 27.9. The molecule has 0 spiro atoms. The highest BCUT2D eigenvalue weighted by atomic mass is 35.5. The fraction of sp³-hybridized carbons (Fsp3) is 0.423. The largest absolute Gasteiger partial charge is 0.482 e.